The van der Waals surface area contributed by atoms with Crippen LogP contribution in [-0.2, 0) is 0 Å². The van der Waals surface area contributed by atoms with E-state index < -0.39 is 0 Å². The van der Waals surface area contributed by atoms with Crippen molar-refractivity contribution in [3.63, 3.8) is 0 Å². The van der Waals surface area contributed by atoms with Gasteiger partial charge in [0.25, 0.3) is 5.91 Å². The van der Waals surface area contributed by atoms with Crippen LogP contribution in [0.1, 0.15) is 23.9 Å². The van der Waals surface area contributed by atoms with Crippen LogP contribution < -0.4 is 11.1 Å². The van der Waals surface area contributed by atoms with E-state index >= 15 is 0 Å². The molecule has 1 aliphatic rings. The zero-order chi connectivity index (χ0) is 12.7. The number of rotatable bonds is 3. The van der Waals surface area contributed by atoms with Gasteiger partial charge in [0.2, 0.25) is 0 Å². The van der Waals surface area contributed by atoms with Crippen molar-refractivity contribution in [2.24, 2.45) is 11.8 Å². The third kappa shape index (κ3) is 2.06. The van der Waals surface area contributed by atoms with Gasteiger partial charge in [-0.1, -0.05) is 6.92 Å². The van der Waals surface area contributed by atoms with Crippen molar-refractivity contribution in [2.75, 3.05) is 12.3 Å². The lowest BCUT2D eigenvalue weighted by Gasteiger charge is -2.00. The molecule has 1 fully saturated rings. The molecule has 0 aliphatic heterocycles. The molecule has 1 aliphatic carbocycles. The van der Waals surface area contributed by atoms with Gasteiger partial charge in [-0.2, -0.15) is 0 Å². The normalized spacial score (nSPS) is 22.1. The van der Waals surface area contributed by atoms with Gasteiger partial charge >= 0.3 is 0 Å². The van der Waals surface area contributed by atoms with Crippen molar-refractivity contribution < 1.29 is 9.21 Å². The Morgan fingerprint density at radius 1 is 1.50 bits per heavy atom. The average Bonchev–Trinajstić information content (AvgIpc) is 2.88. The fourth-order valence-electron chi connectivity index (χ4n) is 2.17. The molecule has 2 atom stereocenters. The minimum atomic E-state index is -0.149. The molecule has 2 aromatic rings. The van der Waals surface area contributed by atoms with Crippen LogP contribution in [0.15, 0.2) is 28.7 Å². The highest BCUT2D eigenvalue weighted by Gasteiger charge is 2.32. The maximum absolute atomic E-state index is 11.9. The zero-order valence-electron chi connectivity index (χ0n) is 10.3. The van der Waals surface area contributed by atoms with Gasteiger partial charge in [0.1, 0.15) is 5.58 Å². The molecular formula is C14H16N2O2. The molecule has 3 N–H and O–H groups in total. The van der Waals surface area contributed by atoms with E-state index in [0.29, 0.717) is 22.9 Å². The van der Waals surface area contributed by atoms with E-state index in [1.54, 1.807) is 24.3 Å². The molecule has 18 heavy (non-hydrogen) atoms. The summed E-state index contributed by atoms with van der Waals surface area (Å²) in [4.78, 5) is 11.9. The van der Waals surface area contributed by atoms with Crippen LogP contribution >= 0.6 is 0 Å². The number of anilines is 1. The summed E-state index contributed by atoms with van der Waals surface area (Å²) in [7, 11) is 0. The lowest BCUT2D eigenvalue weighted by atomic mass is 10.2. The number of nitrogen functional groups attached to an aromatic ring is 1. The number of hydrogen-bond acceptors (Lipinski definition) is 3. The standard InChI is InChI=1S/C14H16N2O2/c1-8-4-10(8)7-16-14(17)13-6-9-5-11(15)2-3-12(9)18-13/h2-3,5-6,8,10H,4,7,15H2,1H3,(H,16,17). The zero-order valence-corrected chi connectivity index (χ0v) is 10.3. The molecule has 4 nitrogen and oxygen atoms in total. The SMILES string of the molecule is CC1CC1CNC(=O)c1cc2cc(N)ccc2o1. The van der Waals surface area contributed by atoms with Crippen LogP contribution in [0, 0.1) is 11.8 Å². The van der Waals surface area contributed by atoms with Gasteiger partial charge in [0.05, 0.1) is 0 Å². The van der Waals surface area contributed by atoms with Gasteiger partial charge in [0.15, 0.2) is 5.76 Å². The molecular weight excluding hydrogens is 228 g/mol. The van der Waals surface area contributed by atoms with Crippen LogP contribution in [0.25, 0.3) is 11.0 Å². The Labute approximate surface area is 105 Å². The molecule has 1 aromatic carbocycles. The quantitative estimate of drug-likeness (QED) is 0.815. The van der Waals surface area contributed by atoms with Crippen molar-refractivity contribution in [1.82, 2.24) is 5.32 Å². The predicted octanol–water partition coefficient (Wildman–Crippen LogP) is 2.40. The van der Waals surface area contributed by atoms with Gasteiger partial charge in [-0.25, -0.2) is 0 Å². The Morgan fingerprint density at radius 2 is 2.28 bits per heavy atom. The molecule has 0 spiro atoms. The fourth-order valence-corrected chi connectivity index (χ4v) is 2.17. The molecule has 1 saturated carbocycles. The maximum Gasteiger partial charge on any atom is 0.287 e. The Bertz CT molecular complexity index is 603. The van der Waals surface area contributed by atoms with Crippen molar-refractivity contribution in [3.05, 3.63) is 30.0 Å². The Balaban J connectivity index is 1.74. The van der Waals surface area contributed by atoms with E-state index in [0.717, 1.165) is 17.8 Å². The number of benzene rings is 1. The third-order valence-corrected chi connectivity index (χ3v) is 3.57. The number of furan rings is 1. The predicted molar refractivity (Wildman–Crippen MR) is 70.2 cm³/mol. The molecule has 4 heteroatoms. The van der Waals surface area contributed by atoms with Gasteiger partial charge in [-0.15, -0.1) is 0 Å². The van der Waals surface area contributed by atoms with Crippen molar-refractivity contribution in [1.29, 1.82) is 0 Å². The number of nitrogens with one attached hydrogen (secondary N) is 1. The number of nitrogens with two attached hydrogens (primary N) is 1. The molecule has 94 valence electrons. The summed E-state index contributed by atoms with van der Waals surface area (Å²) in [6.45, 7) is 2.93. The lowest BCUT2D eigenvalue weighted by Crippen LogP contribution is -2.25. The first-order valence-corrected chi connectivity index (χ1v) is 6.21. The van der Waals surface area contributed by atoms with Crippen molar-refractivity contribution in [2.45, 2.75) is 13.3 Å². The summed E-state index contributed by atoms with van der Waals surface area (Å²) in [5.74, 6) is 1.57. The molecule has 0 radical (unpaired) electrons. The molecule has 0 saturated heterocycles. The second-order valence-corrected chi connectivity index (χ2v) is 5.09. The van der Waals surface area contributed by atoms with E-state index in [1.807, 2.05) is 0 Å². The fraction of sp³-hybridized carbons (Fsp3) is 0.357. The van der Waals surface area contributed by atoms with Gasteiger partial charge in [0, 0.05) is 17.6 Å². The number of carbonyl (C=O) groups is 1. The summed E-state index contributed by atoms with van der Waals surface area (Å²) in [5, 5.41) is 3.76. The molecule has 1 aromatic heterocycles. The van der Waals surface area contributed by atoms with Crippen LogP contribution in [-0.4, -0.2) is 12.5 Å². The van der Waals surface area contributed by atoms with Gasteiger partial charge in [-0.05, 0) is 42.5 Å². The second-order valence-electron chi connectivity index (χ2n) is 5.09. The van der Waals surface area contributed by atoms with E-state index in [1.165, 1.54) is 6.42 Å². The molecule has 1 heterocycles. The lowest BCUT2D eigenvalue weighted by molar-refractivity contribution is 0.0926. The maximum atomic E-state index is 11.9. The molecule has 2 unspecified atom stereocenters. The molecule has 1 amide bonds. The molecule has 3 rings (SSSR count). The van der Waals surface area contributed by atoms with Crippen molar-refractivity contribution >= 4 is 22.6 Å². The van der Waals surface area contributed by atoms with Crippen LogP contribution in [0.3, 0.4) is 0 Å². The van der Waals surface area contributed by atoms with Gasteiger partial charge < -0.3 is 15.5 Å². The van der Waals surface area contributed by atoms with Crippen LogP contribution in [0.4, 0.5) is 5.69 Å². The number of fused-ring (bicyclic) bond motifs is 1. The molecule has 0 bridgehead atoms. The topological polar surface area (TPSA) is 68.3 Å². The monoisotopic (exact) mass is 244 g/mol. The number of carbonyl (C=O) groups excluding carboxylic acids is 1. The highest BCUT2D eigenvalue weighted by Crippen LogP contribution is 2.36. The third-order valence-electron chi connectivity index (χ3n) is 3.57. The number of hydrogen-bond donors (Lipinski definition) is 2. The van der Waals surface area contributed by atoms with E-state index in [-0.39, 0.29) is 5.91 Å². The summed E-state index contributed by atoms with van der Waals surface area (Å²) in [6.07, 6.45) is 1.21. The largest absolute Gasteiger partial charge is 0.451 e. The minimum Gasteiger partial charge on any atom is -0.451 e. The summed E-state index contributed by atoms with van der Waals surface area (Å²) >= 11 is 0. The van der Waals surface area contributed by atoms with E-state index in [9.17, 15) is 4.79 Å². The highest BCUT2D eigenvalue weighted by molar-refractivity contribution is 5.96. The minimum absolute atomic E-state index is 0.149. The Hall–Kier alpha value is -1.97. The Kier molecular flexibility index (Phi) is 2.51. The first-order chi connectivity index (χ1) is 8.63. The van der Waals surface area contributed by atoms with Crippen molar-refractivity contribution in [3.8, 4) is 0 Å². The number of amides is 1. The van der Waals surface area contributed by atoms with E-state index in [4.69, 9.17) is 10.2 Å². The van der Waals surface area contributed by atoms with Gasteiger partial charge in [-0.3, -0.25) is 4.79 Å². The second kappa shape index (κ2) is 4.05. The van der Waals surface area contributed by atoms with Crippen LogP contribution in [0.5, 0.6) is 0 Å². The first-order valence-electron chi connectivity index (χ1n) is 6.21. The van der Waals surface area contributed by atoms with E-state index in [2.05, 4.69) is 12.2 Å². The summed E-state index contributed by atoms with van der Waals surface area (Å²) in [6, 6.07) is 7.08. The summed E-state index contributed by atoms with van der Waals surface area (Å²) in [5.41, 5.74) is 7.05. The van der Waals surface area contributed by atoms with Crippen LogP contribution in [0.2, 0.25) is 0 Å². The summed E-state index contributed by atoms with van der Waals surface area (Å²) < 4.78 is 5.50. The Morgan fingerprint density at radius 3 is 3.00 bits per heavy atom. The first kappa shape index (κ1) is 11.1. The highest BCUT2D eigenvalue weighted by atomic mass is 16.3. The smallest absolute Gasteiger partial charge is 0.287 e. The average molecular weight is 244 g/mol.